The molecule has 2 aromatic rings. The molecule has 3 rings (SSSR count). The molecule has 1 aromatic heterocycles. The summed E-state index contributed by atoms with van der Waals surface area (Å²) in [5, 5.41) is 9.02. The van der Waals surface area contributed by atoms with Gasteiger partial charge in [-0.25, -0.2) is 14.8 Å². The molecule has 7 heteroatoms. The summed E-state index contributed by atoms with van der Waals surface area (Å²) in [5.74, 6) is -0.149. The highest BCUT2D eigenvalue weighted by Crippen LogP contribution is 2.28. The minimum atomic E-state index is -0.956. The van der Waals surface area contributed by atoms with Crippen LogP contribution in [0.3, 0.4) is 0 Å². The van der Waals surface area contributed by atoms with Crippen molar-refractivity contribution >= 4 is 11.9 Å². The Labute approximate surface area is 151 Å². The molecule has 0 unspecified atom stereocenters. The molecule has 0 saturated carbocycles. The standard InChI is InChI=1S/C19H21N3O4/c1-12-20-16(13-3-5-14(6-4-13)19(24)25)9-17(21-12)15-7-8-22(10-15)18(23)11-26-2/h3-6,9,15H,7-8,10-11H2,1-2H3,(H,24,25)/t15-/m0/s1. The number of carbonyl (C=O) groups is 2. The van der Waals surface area contributed by atoms with Gasteiger partial charge in [-0.15, -0.1) is 0 Å². The fraction of sp³-hybridized carbons (Fsp3) is 0.368. The summed E-state index contributed by atoms with van der Waals surface area (Å²) in [7, 11) is 1.52. The average Bonchev–Trinajstić information content (AvgIpc) is 3.12. The van der Waals surface area contributed by atoms with Gasteiger partial charge in [0.1, 0.15) is 12.4 Å². The summed E-state index contributed by atoms with van der Waals surface area (Å²) < 4.78 is 4.92. The molecule has 1 aliphatic rings. The third kappa shape index (κ3) is 3.88. The monoisotopic (exact) mass is 355 g/mol. The van der Waals surface area contributed by atoms with E-state index in [9.17, 15) is 9.59 Å². The van der Waals surface area contributed by atoms with Crippen LogP contribution in [-0.4, -0.2) is 58.7 Å². The van der Waals surface area contributed by atoms with Crippen molar-refractivity contribution in [2.75, 3.05) is 26.8 Å². The van der Waals surface area contributed by atoms with Gasteiger partial charge in [0.2, 0.25) is 5.91 Å². The van der Waals surface area contributed by atoms with E-state index in [4.69, 9.17) is 9.84 Å². The van der Waals surface area contributed by atoms with Crippen LogP contribution in [0.25, 0.3) is 11.3 Å². The van der Waals surface area contributed by atoms with Crippen molar-refractivity contribution in [1.29, 1.82) is 0 Å². The Kier molecular flexibility index (Phi) is 5.27. The minimum absolute atomic E-state index is 0.00902. The van der Waals surface area contributed by atoms with Gasteiger partial charge < -0.3 is 14.7 Å². The number of hydrogen-bond donors (Lipinski definition) is 1. The number of methoxy groups -OCH3 is 1. The van der Waals surface area contributed by atoms with Gasteiger partial charge in [-0.2, -0.15) is 0 Å². The van der Waals surface area contributed by atoms with E-state index in [1.165, 1.54) is 7.11 Å². The van der Waals surface area contributed by atoms with Crippen molar-refractivity contribution in [3.05, 3.63) is 47.4 Å². The molecule has 1 aromatic carbocycles. The van der Waals surface area contributed by atoms with Crippen molar-refractivity contribution in [3.8, 4) is 11.3 Å². The largest absolute Gasteiger partial charge is 0.478 e. The van der Waals surface area contributed by atoms with Crippen molar-refractivity contribution in [1.82, 2.24) is 14.9 Å². The number of carboxylic acid groups (broad SMARTS) is 1. The lowest BCUT2D eigenvalue weighted by atomic mass is 10.0. The van der Waals surface area contributed by atoms with Crippen molar-refractivity contribution in [2.24, 2.45) is 0 Å². The third-order valence-electron chi connectivity index (χ3n) is 4.51. The Morgan fingerprint density at radius 1 is 1.27 bits per heavy atom. The molecule has 136 valence electrons. The predicted molar refractivity (Wildman–Crippen MR) is 95.0 cm³/mol. The number of aromatic carboxylic acids is 1. The summed E-state index contributed by atoms with van der Waals surface area (Å²) in [6.07, 6.45) is 0.850. The fourth-order valence-corrected chi connectivity index (χ4v) is 3.17. The molecular weight excluding hydrogens is 334 g/mol. The molecule has 1 saturated heterocycles. The average molecular weight is 355 g/mol. The second-order valence-corrected chi connectivity index (χ2v) is 6.37. The maximum absolute atomic E-state index is 12.0. The van der Waals surface area contributed by atoms with Gasteiger partial charge in [-0.1, -0.05) is 12.1 Å². The van der Waals surface area contributed by atoms with E-state index in [1.54, 1.807) is 29.2 Å². The first-order chi connectivity index (χ1) is 12.5. The second-order valence-electron chi connectivity index (χ2n) is 6.37. The first-order valence-electron chi connectivity index (χ1n) is 8.44. The molecule has 0 bridgehead atoms. The number of amides is 1. The van der Waals surface area contributed by atoms with E-state index >= 15 is 0 Å². The Bertz CT molecular complexity index is 820. The first-order valence-corrected chi connectivity index (χ1v) is 8.44. The molecule has 1 aliphatic heterocycles. The number of nitrogens with zero attached hydrogens (tertiary/aromatic N) is 3. The summed E-state index contributed by atoms with van der Waals surface area (Å²) >= 11 is 0. The van der Waals surface area contributed by atoms with Crippen LogP contribution in [0.5, 0.6) is 0 Å². The number of rotatable bonds is 5. The van der Waals surface area contributed by atoms with Crippen molar-refractivity contribution in [3.63, 3.8) is 0 Å². The van der Waals surface area contributed by atoms with E-state index in [-0.39, 0.29) is 24.0 Å². The van der Waals surface area contributed by atoms with Crippen LogP contribution in [0.1, 0.15) is 34.2 Å². The zero-order chi connectivity index (χ0) is 18.7. The Morgan fingerprint density at radius 2 is 2.00 bits per heavy atom. The third-order valence-corrected chi connectivity index (χ3v) is 4.51. The van der Waals surface area contributed by atoms with E-state index in [1.807, 2.05) is 13.0 Å². The van der Waals surface area contributed by atoms with Crippen LogP contribution in [-0.2, 0) is 9.53 Å². The Balaban J connectivity index is 1.82. The number of aryl methyl sites for hydroxylation is 1. The van der Waals surface area contributed by atoms with Crippen molar-refractivity contribution in [2.45, 2.75) is 19.3 Å². The van der Waals surface area contributed by atoms with Crippen LogP contribution in [0, 0.1) is 6.92 Å². The van der Waals surface area contributed by atoms with Crippen LogP contribution < -0.4 is 0 Å². The summed E-state index contributed by atoms with van der Waals surface area (Å²) in [4.78, 5) is 33.8. The Morgan fingerprint density at radius 3 is 2.65 bits per heavy atom. The zero-order valence-electron chi connectivity index (χ0n) is 14.8. The second kappa shape index (κ2) is 7.61. The molecule has 1 atom stereocenters. The van der Waals surface area contributed by atoms with E-state index in [0.29, 0.717) is 18.9 Å². The van der Waals surface area contributed by atoms with E-state index in [0.717, 1.165) is 23.4 Å². The molecule has 0 radical (unpaired) electrons. The minimum Gasteiger partial charge on any atom is -0.478 e. The summed E-state index contributed by atoms with van der Waals surface area (Å²) in [5.41, 5.74) is 2.74. The summed E-state index contributed by atoms with van der Waals surface area (Å²) in [6, 6.07) is 8.55. The van der Waals surface area contributed by atoms with E-state index < -0.39 is 5.97 Å². The number of carboxylic acids is 1. The lowest BCUT2D eigenvalue weighted by Gasteiger charge is -2.16. The molecule has 1 fully saturated rings. The van der Waals surface area contributed by atoms with E-state index in [2.05, 4.69) is 9.97 Å². The smallest absolute Gasteiger partial charge is 0.335 e. The SMILES string of the molecule is COCC(=O)N1CC[C@H](c2cc(-c3ccc(C(=O)O)cc3)nc(C)n2)C1. The molecule has 2 heterocycles. The van der Waals surface area contributed by atoms with Gasteiger partial charge >= 0.3 is 5.97 Å². The molecule has 1 N–H and O–H groups in total. The van der Waals surface area contributed by atoms with Gasteiger partial charge in [0, 0.05) is 37.4 Å². The maximum atomic E-state index is 12.0. The molecule has 0 spiro atoms. The fourth-order valence-electron chi connectivity index (χ4n) is 3.17. The summed E-state index contributed by atoms with van der Waals surface area (Å²) in [6.45, 7) is 3.24. The highest BCUT2D eigenvalue weighted by Gasteiger charge is 2.28. The molecule has 26 heavy (non-hydrogen) atoms. The normalized spacial score (nSPS) is 16.7. The molecule has 0 aliphatic carbocycles. The number of aromatic nitrogens is 2. The number of ether oxygens (including phenoxy) is 1. The van der Waals surface area contributed by atoms with Crippen LogP contribution in [0.15, 0.2) is 30.3 Å². The molecule has 1 amide bonds. The highest BCUT2D eigenvalue weighted by molar-refractivity contribution is 5.88. The van der Waals surface area contributed by atoms with Gasteiger partial charge in [0.15, 0.2) is 0 Å². The highest BCUT2D eigenvalue weighted by atomic mass is 16.5. The first kappa shape index (κ1) is 18.0. The Hall–Kier alpha value is -2.80. The van der Waals surface area contributed by atoms with Gasteiger partial charge in [-0.3, -0.25) is 4.79 Å². The number of likely N-dealkylation sites (tertiary alicyclic amines) is 1. The lowest BCUT2D eigenvalue weighted by Crippen LogP contribution is -2.31. The van der Waals surface area contributed by atoms with Gasteiger partial charge in [0.25, 0.3) is 0 Å². The predicted octanol–water partition coefficient (Wildman–Crippen LogP) is 2.11. The quantitative estimate of drug-likeness (QED) is 0.883. The van der Waals surface area contributed by atoms with Crippen LogP contribution in [0.2, 0.25) is 0 Å². The van der Waals surface area contributed by atoms with Crippen molar-refractivity contribution < 1.29 is 19.4 Å². The van der Waals surface area contributed by atoms with Gasteiger partial charge in [0.05, 0.1) is 11.3 Å². The number of benzene rings is 1. The number of hydrogen-bond acceptors (Lipinski definition) is 5. The van der Waals surface area contributed by atoms with Crippen LogP contribution >= 0.6 is 0 Å². The lowest BCUT2D eigenvalue weighted by molar-refractivity contribution is -0.134. The topological polar surface area (TPSA) is 92.6 Å². The number of carbonyl (C=O) groups excluding carboxylic acids is 1. The van der Waals surface area contributed by atoms with Crippen LogP contribution in [0.4, 0.5) is 0 Å². The molecule has 7 nitrogen and oxygen atoms in total. The maximum Gasteiger partial charge on any atom is 0.335 e. The zero-order valence-corrected chi connectivity index (χ0v) is 14.8. The van der Waals surface area contributed by atoms with Gasteiger partial charge in [-0.05, 0) is 31.5 Å². The molecular formula is C19H21N3O4.